The van der Waals surface area contributed by atoms with Gasteiger partial charge >= 0.3 is 6.18 Å². The molecule has 1 aromatic rings. The molecular formula is C11H13F3N2. The fraction of sp³-hybridized carbons (Fsp3) is 0.545. The molecule has 1 heterocycles. The van der Waals surface area contributed by atoms with Crippen LogP contribution in [0.15, 0.2) is 18.3 Å². The van der Waals surface area contributed by atoms with Gasteiger partial charge in [0.2, 0.25) is 0 Å². The summed E-state index contributed by atoms with van der Waals surface area (Å²) in [7, 11) is 0. The lowest BCUT2D eigenvalue weighted by atomic mass is 10.2. The summed E-state index contributed by atoms with van der Waals surface area (Å²) in [6, 6.07) is 2.43. The highest BCUT2D eigenvalue weighted by Crippen LogP contribution is 2.47. The molecular weight excluding hydrogens is 217 g/mol. The number of hydrogen-bond donors (Lipinski definition) is 1. The number of halogens is 3. The van der Waals surface area contributed by atoms with Crippen LogP contribution in [-0.2, 0) is 6.18 Å². The molecule has 0 bridgehead atoms. The van der Waals surface area contributed by atoms with Crippen molar-refractivity contribution in [3.8, 4) is 0 Å². The predicted molar refractivity (Wildman–Crippen MR) is 55.0 cm³/mol. The number of nitrogens with zero attached hydrogens (tertiary/aromatic N) is 1. The number of hydrogen-bond acceptors (Lipinski definition) is 2. The second kappa shape index (κ2) is 3.37. The van der Waals surface area contributed by atoms with E-state index in [4.69, 9.17) is 0 Å². The number of anilines is 1. The van der Waals surface area contributed by atoms with Crippen molar-refractivity contribution in [1.82, 2.24) is 4.98 Å². The molecule has 1 atom stereocenters. The van der Waals surface area contributed by atoms with Gasteiger partial charge in [-0.15, -0.1) is 0 Å². The van der Waals surface area contributed by atoms with E-state index < -0.39 is 11.7 Å². The van der Waals surface area contributed by atoms with Crippen LogP contribution in [0.25, 0.3) is 0 Å². The Bertz CT molecular complexity index is 398. The van der Waals surface area contributed by atoms with Crippen LogP contribution in [0.4, 0.5) is 19.0 Å². The highest BCUT2D eigenvalue weighted by molar-refractivity contribution is 5.48. The summed E-state index contributed by atoms with van der Waals surface area (Å²) in [5, 5.41) is 2.85. The lowest BCUT2D eigenvalue weighted by Crippen LogP contribution is -2.15. The van der Waals surface area contributed by atoms with Crippen LogP contribution in [-0.4, -0.2) is 11.0 Å². The molecule has 0 aliphatic heterocycles. The molecule has 5 heteroatoms. The Morgan fingerprint density at radius 2 is 2.06 bits per heavy atom. The van der Waals surface area contributed by atoms with Crippen LogP contribution in [0.3, 0.4) is 0 Å². The van der Waals surface area contributed by atoms with Crippen molar-refractivity contribution in [3.63, 3.8) is 0 Å². The SMILES string of the molecule is CC1(C)CC1Nc1ncccc1C(F)(F)F. The van der Waals surface area contributed by atoms with E-state index in [1.165, 1.54) is 12.3 Å². The molecule has 0 radical (unpaired) electrons. The maximum absolute atomic E-state index is 12.6. The molecule has 88 valence electrons. The number of alkyl halides is 3. The molecule has 0 saturated heterocycles. The van der Waals surface area contributed by atoms with Gasteiger partial charge in [0, 0.05) is 12.2 Å². The molecule has 0 aromatic carbocycles. The van der Waals surface area contributed by atoms with Gasteiger partial charge in [-0.3, -0.25) is 0 Å². The van der Waals surface area contributed by atoms with E-state index >= 15 is 0 Å². The monoisotopic (exact) mass is 230 g/mol. The summed E-state index contributed by atoms with van der Waals surface area (Å²) in [4.78, 5) is 3.76. The van der Waals surface area contributed by atoms with Gasteiger partial charge in [-0.1, -0.05) is 13.8 Å². The van der Waals surface area contributed by atoms with Gasteiger partial charge in [-0.2, -0.15) is 13.2 Å². The normalized spacial score (nSPS) is 22.9. The van der Waals surface area contributed by atoms with E-state index in [1.54, 1.807) is 0 Å². The van der Waals surface area contributed by atoms with Crippen molar-refractivity contribution in [1.29, 1.82) is 0 Å². The number of aromatic nitrogens is 1. The molecule has 2 rings (SSSR count). The summed E-state index contributed by atoms with van der Waals surface area (Å²) in [5.74, 6) is -0.0643. The number of nitrogens with one attached hydrogen (secondary N) is 1. The first-order valence-corrected chi connectivity index (χ1v) is 5.09. The molecule has 1 aromatic heterocycles. The van der Waals surface area contributed by atoms with Crippen molar-refractivity contribution < 1.29 is 13.2 Å². The maximum atomic E-state index is 12.6. The van der Waals surface area contributed by atoms with Crippen LogP contribution >= 0.6 is 0 Å². The molecule has 0 spiro atoms. The Morgan fingerprint density at radius 3 is 2.56 bits per heavy atom. The van der Waals surface area contributed by atoms with E-state index in [0.717, 1.165) is 12.5 Å². The minimum Gasteiger partial charge on any atom is -0.366 e. The third-order valence-corrected chi connectivity index (χ3v) is 2.94. The molecule has 0 amide bonds. The maximum Gasteiger partial charge on any atom is 0.419 e. The molecule has 1 aliphatic rings. The van der Waals surface area contributed by atoms with Gasteiger partial charge in [0.25, 0.3) is 0 Å². The Balaban J connectivity index is 2.21. The van der Waals surface area contributed by atoms with Crippen molar-refractivity contribution in [2.24, 2.45) is 5.41 Å². The van der Waals surface area contributed by atoms with Gasteiger partial charge in [0.1, 0.15) is 5.82 Å². The summed E-state index contributed by atoms with van der Waals surface area (Å²) in [6.45, 7) is 4.03. The van der Waals surface area contributed by atoms with Crippen molar-refractivity contribution >= 4 is 5.82 Å². The van der Waals surface area contributed by atoms with Gasteiger partial charge < -0.3 is 5.32 Å². The minimum atomic E-state index is -4.35. The number of pyridine rings is 1. The average molecular weight is 230 g/mol. The molecule has 16 heavy (non-hydrogen) atoms. The highest BCUT2D eigenvalue weighted by Gasteiger charge is 2.47. The Labute approximate surface area is 91.9 Å². The first-order valence-electron chi connectivity index (χ1n) is 5.09. The Morgan fingerprint density at radius 1 is 1.44 bits per heavy atom. The first kappa shape index (κ1) is 11.2. The zero-order valence-corrected chi connectivity index (χ0v) is 9.10. The van der Waals surface area contributed by atoms with Gasteiger partial charge in [0.05, 0.1) is 5.56 Å². The third kappa shape index (κ3) is 2.13. The summed E-state index contributed by atoms with van der Waals surface area (Å²) in [6.07, 6.45) is -2.11. The van der Waals surface area contributed by atoms with Crippen molar-refractivity contribution in [2.75, 3.05) is 5.32 Å². The minimum absolute atomic E-state index is 0.0643. The Kier molecular flexibility index (Phi) is 2.36. The molecule has 1 aliphatic carbocycles. The fourth-order valence-electron chi connectivity index (χ4n) is 1.63. The average Bonchev–Trinajstić information content (AvgIpc) is 2.72. The Hall–Kier alpha value is -1.26. The van der Waals surface area contributed by atoms with Crippen molar-refractivity contribution in [2.45, 2.75) is 32.5 Å². The lowest BCUT2D eigenvalue weighted by molar-refractivity contribution is -0.137. The van der Waals surface area contributed by atoms with Crippen LogP contribution in [0.1, 0.15) is 25.8 Å². The molecule has 2 nitrogen and oxygen atoms in total. The zero-order chi connectivity index (χ0) is 12.0. The third-order valence-electron chi connectivity index (χ3n) is 2.94. The molecule has 1 fully saturated rings. The summed E-state index contributed by atoms with van der Waals surface area (Å²) >= 11 is 0. The second-order valence-corrected chi connectivity index (χ2v) is 4.79. The fourth-order valence-corrected chi connectivity index (χ4v) is 1.63. The summed E-state index contributed by atoms with van der Waals surface area (Å²) in [5.41, 5.74) is -0.627. The predicted octanol–water partition coefficient (Wildman–Crippen LogP) is 3.31. The number of rotatable bonds is 2. The molecule has 1 unspecified atom stereocenters. The molecule has 1 N–H and O–H groups in total. The zero-order valence-electron chi connectivity index (χ0n) is 9.10. The smallest absolute Gasteiger partial charge is 0.366 e. The van der Waals surface area contributed by atoms with Gasteiger partial charge in [0.15, 0.2) is 0 Å². The van der Waals surface area contributed by atoms with E-state index in [0.29, 0.717) is 0 Å². The largest absolute Gasteiger partial charge is 0.419 e. The van der Waals surface area contributed by atoms with Crippen LogP contribution in [0.5, 0.6) is 0 Å². The topological polar surface area (TPSA) is 24.9 Å². The highest BCUT2D eigenvalue weighted by atomic mass is 19.4. The van der Waals surface area contributed by atoms with Gasteiger partial charge in [-0.25, -0.2) is 4.98 Å². The van der Waals surface area contributed by atoms with E-state index in [-0.39, 0.29) is 17.3 Å². The standard InChI is InChI=1S/C11H13F3N2/c1-10(2)6-8(10)16-9-7(11(12,13)14)4-3-5-15-9/h3-5,8H,6H2,1-2H3,(H,15,16). The van der Waals surface area contributed by atoms with E-state index in [9.17, 15) is 13.2 Å². The quantitative estimate of drug-likeness (QED) is 0.843. The summed E-state index contributed by atoms with van der Waals surface area (Å²) < 4.78 is 37.9. The second-order valence-electron chi connectivity index (χ2n) is 4.79. The lowest BCUT2D eigenvalue weighted by Gasteiger charge is -2.13. The molecule has 1 saturated carbocycles. The first-order chi connectivity index (χ1) is 7.31. The van der Waals surface area contributed by atoms with Gasteiger partial charge in [-0.05, 0) is 24.0 Å². The van der Waals surface area contributed by atoms with Crippen molar-refractivity contribution in [3.05, 3.63) is 23.9 Å². The van der Waals surface area contributed by atoms with Crippen LogP contribution in [0, 0.1) is 5.41 Å². The van der Waals surface area contributed by atoms with E-state index in [2.05, 4.69) is 10.3 Å². The van der Waals surface area contributed by atoms with Crippen LogP contribution in [0.2, 0.25) is 0 Å². The van der Waals surface area contributed by atoms with E-state index in [1.807, 2.05) is 13.8 Å². The van der Waals surface area contributed by atoms with Crippen LogP contribution < -0.4 is 5.32 Å².